The van der Waals surface area contributed by atoms with Crippen LogP contribution in [0, 0.1) is 0 Å². The average molecular weight is 295 g/mol. The Morgan fingerprint density at radius 1 is 1.29 bits per heavy atom. The molecule has 0 aromatic heterocycles. The first-order valence-electron chi connectivity index (χ1n) is 5.02. The minimum Gasteiger partial charge on any atom is -0.399 e. The Morgan fingerprint density at radius 3 is 2.18 bits per heavy atom. The van der Waals surface area contributed by atoms with Gasteiger partial charge in [0, 0.05) is 11.2 Å². The highest BCUT2D eigenvalue weighted by molar-refractivity contribution is 7.89. The molecule has 1 saturated carbocycles. The zero-order chi connectivity index (χ0) is 12.8. The van der Waals surface area contributed by atoms with E-state index in [0.717, 1.165) is 12.8 Å². The molecule has 0 saturated heterocycles. The topological polar surface area (TPSA) is 72.2 Å². The van der Waals surface area contributed by atoms with Crippen LogP contribution in [-0.2, 0) is 10.0 Å². The number of benzene rings is 1. The molecule has 0 spiro atoms. The molecule has 17 heavy (non-hydrogen) atoms. The van der Waals surface area contributed by atoms with E-state index in [1.807, 2.05) is 6.92 Å². The second-order valence-electron chi connectivity index (χ2n) is 4.48. The number of anilines is 1. The normalized spacial score (nSPS) is 18.1. The standard InChI is InChI=1S/C10H12Cl2N2O2S/c1-10(2-3-10)14-17(15,16)9-7(11)4-6(13)5-8(9)12/h4-5,14H,2-3,13H2,1H3. The first-order valence-corrected chi connectivity index (χ1v) is 7.26. The Hall–Kier alpha value is -0.490. The minimum absolute atomic E-state index is 0.0340. The van der Waals surface area contributed by atoms with Crippen molar-refractivity contribution in [1.82, 2.24) is 4.72 Å². The van der Waals surface area contributed by atoms with Gasteiger partial charge in [0.05, 0.1) is 10.0 Å². The monoisotopic (exact) mass is 294 g/mol. The summed E-state index contributed by atoms with van der Waals surface area (Å²) in [5, 5.41) is 0.0681. The molecule has 0 bridgehead atoms. The molecule has 0 aliphatic heterocycles. The molecule has 0 unspecified atom stereocenters. The van der Waals surface area contributed by atoms with Gasteiger partial charge >= 0.3 is 0 Å². The van der Waals surface area contributed by atoms with E-state index < -0.39 is 10.0 Å². The molecule has 0 heterocycles. The lowest BCUT2D eigenvalue weighted by molar-refractivity contribution is 0.558. The van der Waals surface area contributed by atoms with E-state index in [-0.39, 0.29) is 20.5 Å². The van der Waals surface area contributed by atoms with Gasteiger partial charge in [-0.2, -0.15) is 0 Å². The van der Waals surface area contributed by atoms with Gasteiger partial charge in [-0.25, -0.2) is 13.1 Å². The lowest BCUT2D eigenvalue weighted by Crippen LogP contribution is -2.34. The van der Waals surface area contributed by atoms with E-state index in [1.165, 1.54) is 12.1 Å². The van der Waals surface area contributed by atoms with Gasteiger partial charge < -0.3 is 5.73 Å². The molecule has 0 radical (unpaired) electrons. The zero-order valence-electron chi connectivity index (χ0n) is 9.13. The van der Waals surface area contributed by atoms with Gasteiger partial charge in [-0.3, -0.25) is 0 Å². The van der Waals surface area contributed by atoms with Gasteiger partial charge in [-0.05, 0) is 31.9 Å². The van der Waals surface area contributed by atoms with Crippen LogP contribution < -0.4 is 10.5 Å². The van der Waals surface area contributed by atoms with E-state index in [4.69, 9.17) is 28.9 Å². The van der Waals surface area contributed by atoms with E-state index in [0.29, 0.717) is 5.69 Å². The summed E-state index contributed by atoms with van der Waals surface area (Å²) in [7, 11) is -3.70. The van der Waals surface area contributed by atoms with Crippen molar-refractivity contribution >= 4 is 38.9 Å². The molecular formula is C10H12Cl2N2O2S. The van der Waals surface area contributed by atoms with Crippen molar-refractivity contribution in [2.24, 2.45) is 0 Å². The molecule has 1 aromatic rings. The van der Waals surface area contributed by atoms with Crippen molar-refractivity contribution in [3.8, 4) is 0 Å². The van der Waals surface area contributed by atoms with Gasteiger partial charge in [0.2, 0.25) is 10.0 Å². The van der Waals surface area contributed by atoms with Crippen LogP contribution >= 0.6 is 23.2 Å². The highest BCUT2D eigenvalue weighted by Gasteiger charge is 2.42. The molecule has 0 amide bonds. The number of nitrogens with one attached hydrogen (secondary N) is 1. The number of sulfonamides is 1. The van der Waals surface area contributed by atoms with Gasteiger partial charge in [-0.15, -0.1) is 0 Å². The van der Waals surface area contributed by atoms with Crippen LogP contribution in [0.1, 0.15) is 19.8 Å². The third-order valence-electron chi connectivity index (χ3n) is 2.67. The number of hydrogen-bond donors (Lipinski definition) is 2. The van der Waals surface area contributed by atoms with Gasteiger partial charge in [-0.1, -0.05) is 23.2 Å². The van der Waals surface area contributed by atoms with Crippen molar-refractivity contribution in [3.05, 3.63) is 22.2 Å². The maximum absolute atomic E-state index is 12.1. The van der Waals surface area contributed by atoms with Crippen molar-refractivity contribution in [3.63, 3.8) is 0 Å². The van der Waals surface area contributed by atoms with Crippen LogP contribution in [0.25, 0.3) is 0 Å². The van der Waals surface area contributed by atoms with Crippen molar-refractivity contribution in [1.29, 1.82) is 0 Å². The van der Waals surface area contributed by atoms with Crippen LogP contribution in [0.2, 0.25) is 10.0 Å². The van der Waals surface area contributed by atoms with Crippen LogP contribution in [0.4, 0.5) is 5.69 Å². The summed E-state index contributed by atoms with van der Waals surface area (Å²) in [6, 6.07) is 2.74. The second-order valence-corrected chi connectivity index (χ2v) is 6.91. The maximum atomic E-state index is 12.1. The third-order valence-corrected chi connectivity index (χ3v) is 5.23. The fraction of sp³-hybridized carbons (Fsp3) is 0.400. The fourth-order valence-electron chi connectivity index (χ4n) is 1.50. The lowest BCUT2D eigenvalue weighted by Gasteiger charge is -2.14. The summed E-state index contributed by atoms with van der Waals surface area (Å²) in [4.78, 5) is -0.108. The highest BCUT2D eigenvalue weighted by Crippen LogP contribution is 2.38. The molecule has 4 nitrogen and oxygen atoms in total. The quantitative estimate of drug-likeness (QED) is 0.841. The summed E-state index contributed by atoms with van der Waals surface area (Å²) < 4.78 is 26.8. The Kier molecular flexibility index (Phi) is 3.06. The number of nitrogen functional groups attached to an aromatic ring is 1. The Bertz CT molecular complexity index is 545. The molecule has 1 aliphatic carbocycles. The maximum Gasteiger partial charge on any atom is 0.244 e. The smallest absolute Gasteiger partial charge is 0.244 e. The lowest BCUT2D eigenvalue weighted by atomic mass is 10.3. The van der Waals surface area contributed by atoms with Crippen LogP contribution in [0.3, 0.4) is 0 Å². The number of halogens is 2. The molecular weight excluding hydrogens is 283 g/mol. The number of rotatable bonds is 3. The van der Waals surface area contributed by atoms with Crippen molar-refractivity contribution in [2.75, 3.05) is 5.73 Å². The molecule has 1 fully saturated rings. The number of nitrogens with two attached hydrogens (primary N) is 1. The van der Waals surface area contributed by atoms with E-state index in [1.54, 1.807) is 0 Å². The molecule has 7 heteroatoms. The molecule has 1 aromatic carbocycles. The Balaban J connectivity index is 2.46. The van der Waals surface area contributed by atoms with Crippen LogP contribution in [0.5, 0.6) is 0 Å². The van der Waals surface area contributed by atoms with Crippen LogP contribution in [-0.4, -0.2) is 14.0 Å². The summed E-state index contributed by atoms with van der Waals surface area (Å²) in [5.41, 5.74) is 5.49. The van der Waals surface area contributed by atoms with Crippen LogP contribution in [0.15, 0.2) is 17.0 Å². The van der Waals surface area contributed by atoms with Gasteiger partial charge in [0.15, 0.2) is 0 Å². The third kappa shape index (κ3) is 2.68. The average Bonchev–Trinajstić information content (AvgIpc) is 2.78. The molecule has 94 valence electrons. The summed E-state index contributed by atoms with van der Waals surface area (Å²) in [6.45, 7) is 1.84. The van der Waals surface area contributed by atoms with E-state index in [2.05, 4.69) is 4.72 Å². The summed E-state index contributed by atoms with van der Waals surface area (Å²) in [5.74, 6) is 0. The molecule has 1 aliphatic rings. The highest BCUT2D eigenvalue weighted by atomic mass is 35.5. The first-order chi connectivity index (χ1) is 7.73. The van der Waals surface area contributed by atoms with E-state index >= 15 is 0 Å². The van der Waals surface area contributed by atoms with E-state index in [9.17, 15) is 8.42 Å². The van der Waals surface area contributed by atoms with Crippen molar-refractivity contribution in [2.45, 2.75) is 30.2 Å². The first kappa shape index (κ1) is 13.0. The Labute approximate surface area is 110 Å². The predicted octanol–water partition coefficient (Wildman–Crippen LogP) is 2.41. The van der Waals surface area contributed by atoms with Gasteiger partial charge in [0.1, 0.15) is 4.90 Å². The summed E-state index contributed by atoms with van der Waals surface area (Å²) in [6.07, 6.45) is 1.63. The molecule has 2 rings (SSSR count). The zero-order valence-corrected chi connectivity index (χ0v) is 11.5. The SMILES string of the molecule is CC1(NS(=O)(=O)c2c(Cl)cc(N)cc2Cl)CC1. The minimum atomic E-state index is -3.70. The second kappa shape index (κ2) is 4.02. The predicted molar refractivity (Wildman–Crippen MR) is 68.8 cm³/mol. The summed E-state index contributed by atoms with van der Waals surface area (Å²) >= 11 is 11.8. The fourth-order valence-corrected chi connectivity index (χ4v) is 4.20. The largest absolute Gasteiger partial charge is 0.399 e. The van der Waals surface area contributed by atoms with Gasteiger partial charge in [0.25, 0.3) is 0 Å². The number of hydrogen-bond acceptors (Lipinski definition) is 3. The molecule has 0 atom stereocenters. The molecule has 3 N–H and O–H groups in total. The Morgan fingerprint density at radius 2 is 1.76 bits per heavy atom. The van der Waals surface area contributed by atoms with Crippen molar-refractivity contribution < 1.29 is 8.42 Å².